The van der Waals surface area contributed by atoms with Crippen molar-refractivity contribution in [2.45, 2.75) is 6.92 Å². The van der Waals surface area contributed by atoms with Gasteiger partial charge in [0.1, 0.15) is 19.0 Å². The molecule has 0 bridgehead atoms. The maximum Gasteiger partial charge on any atom is 0.410 e. The normalized spacial score (nSPS) is 16.6. The summed E-state index contributed by atoms with van der Waals surface area (Å²) in [6.45, 7) is 6.49. The van der Waals surface area contributed by atoms with Crippen LogP contribution in [0.25, 0.3) is 0 Å². The summed E-state index contributed by atoms with van der Waals surface area (Å²) in [6, 6.07) is 10.1. The van der Waals surface area contributed by atoms with Gasteiger partial charge in [0.05, 0.1) is 43.9 Å². The first-order valence-electron chi connectivity index (χ1n) is 10.3. The van der Waals surface area contributed by atoms with Crippen molar-refractivity contribution in [2.75, 3.05) is 62.9 Å². The van der Waals surface area contributed by atoms with E-state index < -0.39 is 0 Å². The third kappa shape index (κ3) is 5.82. The zero-order valence-corrected chi connectivity index (χ0v) is 17.5. The van der Waals surface area contributed by atoms with Gasteiger partial charge in [0, 0.05) is 19.2 Å². The molecule has 2 fully saturated rings. The van der Waals surface area contributed by atoms with Crippen LogP contribution >= 0.6 is 0 Å². The second-order valence-electron chi connectivity index (χ2n) is 7.22. The van der Waals surface area contributed by atoms with Gasteiger partial charge in [-0.15, -0.1) is 0 Å². The number of anilines is 2. The van der Waals surface area contributed by atoms with E-state index in [-0.39, 0.29) is 18.7 Å². The molecule has 2 saturated heterocycles. The number of morpholine rings is 1. The Morgan fingerprint density at radius 1 is 1.19 bits per heavy atom. The number of carbonyl (C=O) groups is 1. The number of nitrogens with zero attached hydrogens (tertiary/aromatic N) is 5. The molecule has 3 heterocycles. The van der Waals surface area contributed by atoms with E-state index in [4.69, 9.17) is 14.2 Å². The highest BCUT2D eigenvalue weighted by atomic mass is 16.6. The fraction of sp³-hybridized carbons (Fsp3) is 0.429. The quantitative estimate of drug-likeness (QED) is 0.505. The monoisotopic (exact) mass is 426 g/mol. The van der Waals surface area contributed by atoms with Crippen molar-refractivity contribution >= 4 is 23.8 Å². The third-order valence-electron chi connectivity index (χ3n) is 4.89. The number of hydrogen-bond acceptors (Lipinski definition) is 9. The average Bonchev–Trinajstić information content (AvgIpc) is 3.19. The molecule has 0 spiro atoms. The number of benzene rings is 1. The summed E-state index contributed by atoms with van der Waals surface area (Å²) in [6.07, 6.45) is 1.32. The van der Waals surface area contributed by atoms with Crippen molar-refractivity contribution in [3.63, 3.8) is 0 Å². The fourth-order valence-electron chi connectivity index (χ4n) is 3.28. The lowest BCUT2D eigenvalue weighted by atomic mass is 10.2. The second-order valence-corrected chi connectivity index (χ2v) is 7.22. The van der Waals surface area contributed by atoms with Crippen LogP contribution in [0.5, 0.6) is 6.01 Å². The fourth-order valence-corrected chi connectivity index (χ4v) is 3.28. The number of cyclic esters (lactones) is 1. The molecule has 0 radical (unpaired) electrons. The number of ether oxygens (including phenoxy) is 3. The van der Waals surface area contributed by atoms with Crippen LogP contribution in [0.2, 0.25) is 0 Å². The van der Waals surface area contributed by atoms with Crippen LogP contribution in [0, 0.1) is 6.92 Å². The van der Waals surface area contributed by atoms with Gasteiger partial charge in [0.25, 0.3) is 0 Å². The third-order valence-corrected chi connectivity index (χ3v) is 4.89. The Balaban J connectivity index is 1.45. The molecule has 2 aliphatic heterocycles. The maximum absolute atomic E-state index is 11.6. The Hall–Kier alpha value is -3.40. The number of aryl methyl sites for hydroxylation is 1. The molecule has 2 aromatic rings. The van der Waals surface area contributed by atoms with Crippen molar-refractivity contribution < 1.29 is 19.0 Å². The van der Waals surface area contributed by atoms with E-state index >= 15 is 0 Å². The Morgan fingerprint density at radius 3 is 2.84 bits per heavy atom. The van der Waals surface area contributed by atoms with E-state index in [1.807, 2.05) is 37.3 Å². The largest absolute Gasteiger partial charge is 0.462 e. The van der Waals surface area contributed by atoms with Gasteiger partial charge in [-0.2, -0.15) is 15.1 Å². The van der Waals surface area contributed by atoms with E-state index in [0.29, 0.717) is 38.6 Å². The van der Waals surface area contributed by atoms with Crippen LogP contribution in [-0.4, -0.2) is 79.8 Å². The van der Waals surface area contributed by atoms with Gasteiger partial charge in [0.15, 0.2) is 0 Å². The van der Waals surface area contributed by atoms with Gasteiger partial charge < -0.3 is 24.0 Å². The lowest BCUT2D eigenvalue weighted by Gasteiger charge is -2.28. The van der Waals surface area contributed by atoms with E-state index in [1.54, 1.807) is 11.1 Å². The summed E-state index contributed by atoms with van der Waals surface area (Å²) in [4.78, 5) is 24.3. The number of aromatic nitrogens is 2. The van der Waals surface area contributed by atoms with Crippen molar-refractivity contribution in [2.24, 2.45) is 5.10 Å². The molecular formula is C21H26N6O4. The molecular weight excluding hydrogens is 400 g/mol. The van der Waals surface area contributed by atoms with Crippen molar-refractivity contribution in [1.82, 2.24) is 14.9 Å². The van der Waals surface area contributed by atoms with Gasteiger partial charge >= 0.3 is 12.1 Å². The summed E-state index contributed by atoms with van der Waals surface area (Å²) < 4.78 is 16.1. The molecule has 2 aliphatic rings. The molecule has 1 aromatic carbocycles. The lowest BCUT2D eigenvalue weighted by molar-refractivity contribution is 0.122. The Kier molecular flexibility index (Phi) is 6.78. The van der Waals surface area contributed by atoms with Crippen LogP contribution in [0.4, 0.5) is 16.3 Å². The minimum absolute atomic E-state index is 0.244. The van der Waals surface area contributed by atoms with E-state index in [0.717, 1.165) is 30.2 Å². The summed E-state index contributed by atoms with van der Waals surface area (Å²) in [7, 11) is 0. The van der Waals surface area contributed by atoms with Crippen molar-refractivity contribution in [1.29, 1.82) is 0 Å². The molecule has 10 nitrogen and oxygen atoms in total. The van der Waals surface area contributed by atoms with Crippen LogP contribution < -0.4 is 15.1 Å². The van der Waals surface area contributed by atoms with Crippen LogP contribution in [0.15, 0.2) is 35.4 Å². The summed E-state index contributed by atoms with van der Waals surface area (Å²) in [5.74, 6) is 0.755. The summed E-state index contributed by atoms with van der Waals surface area (Å²) in [5.41, 5.74) is 5.68. The zero-order chi connectivity index (χ0) is 21.5. The molecule has 0 aliphatic carbocycles. The van der Waals surface area contributed by atoms with Gasteiger partial charge in [-0.1, -0.05) is 12.1 Å². The number of amides is 1. The predicted molar refractivity (Wildman–Crippen MR) is 116 cm³/mol. The van der Waals surface area contributed by atoms with Crippen LogP contribution in [-0.2, 0) is 9.47 Å². The average molecular weight is 426 g/mol. The topological polar surface area (TPSA) is 101 Å². The Bertz CT molecular complexity index is 932. The number of rotatable bonds is 8. The van der Waals surface area contributed by atoms with Gasteiger partial charge in [0.2, 0.25) is 0 Å². The van der Waals surface area contributed by atoms with Crippen LogP contribution in [0.1, 0.15) is 11.3 Å². The lowest BCUT2D eigenvalue weighted by Crippen LogP contribution is -2.37. The predicted octanol–water partition coefficient (Wildman–Crippen LogP) is 1.90. The molecule has 0 atom stereocenters. The number of hydrazone groups is 1. The maximum atomic E-state index is 11.6. The van der Waals surface area contributed by atoms with E-state index in [2.05, 4.69) is 25.4 Å². The highest BCUT2D eigenvalue weighted by Gasteiger charge is 2.21. The molecule has 31 heavy (non-hydrogen) atoms. The summed E-state index contributed by atoms with van der Waals surface area (Å²) >= 11 is 0. The minimum Gasteiger partial charge on any atom is -0.462 e. The van der Waals surface area contributed by atoms with Crippen LogP contribution in [0.3, 0.4) is 0 Å². The highest BCUT2D eigenvalue weighted by molar-refractivity contribution is 5.79. The SMILES string of the molecule is Cc1cccc(N/N=C/c2cc(N3CCOCC3)nc(OCCN3CCOC3=O)n2)c1. The number of nitrogens with one attached hydrogen (secondary N) is 1. The van der Waals surface area contributed by atoms with Gasteiger partial charge in [-0.3, -0.25) is 5.43 Å². The first-order valence-corrected chi connectivity index (χ1v) is 10.3. The van der Waals surface area contributed by atoms with Crippen molar-refractivity contribution in [3.05, 3.63) is 41.6 Å². The van der Waals surface area contributed by atoms with E-state index in [9.17, 15) is 4.79 Å². The second kappa shape index (κ2) is 10.1. The molecule has 1 amide bonds. The standard InChI is InChI=1S/C21H26N6O4/c1-16-3-2-4-17(13-16)25-22-15-18-14-19(26-5-9-29-10-6-26)24-20(23-18)30-11-7-27-8-12-31-21(27)28/h2-4,13-15,25H,5-12H2,1H3/b22-15+. The van der Waals surface area contributed by atoms with Gasteiger partial charge in [-0.05, 0) is 24.6 Å². The molecule has 1 aromatic heterocycles. The number of hydrogen-bond donors (Lipinski definition) is 1. The molecule has 0 saturated carbocycles. The molecule has 1 N–H and O–H groups in total. The first-order chi connectivity index (χ1) is 15.2. The molecule has 164 valence electrons. The Labute approximate surface area is 180 Å². The van der Waals surface area contributed by atoms with Crippen molar-refractivity contribution in [3.8, 4) is 6.01 Å². The molecule has 10 heteroatoms. The molecule has 0 unspecified atom stereocenters. The molecule has 4 rings (SSSR count). The zero-order valence-electron chi connectivity index (χ0n) is 17.5. The smallest absolute Gasteiger partial charge is 0.410 e. The number of carbonyl (C=O) groups excluding carboxylic acids is 1. The minimum atomic E-state index is -0.318. The Morgan fingerprint density at radius 2 is 2.06 bits per heavy atom. The highest BCUT2D eigenvalue weighted by Crippen LogP contribution is 2.18. The van der Waals surface area contributed by atoms with E-state index in [1.165, 1.54) is 0 Å². The van der Waals surface area contributed by atoms with Gasteiger partial charge in [-0.25, -0.2) is 4.79 Å². The first kappa shape index (κ1) is 20.9. The summed E-state index contributed by atoms with van der Waals surface area (Å²) in [5, 5.41) is 4.30.